The fourth-order valence-corrected chi connectivity index (χ4v) is 2.99. The van der Waals surface area contributed by atoms with E-state index in [0.29, 0.717) is 18.6 Å². The molecule has 2 atom stereocenters. The summed E-state index contributed by atoms with van der Waals surface area (Å²) in [4.78, 5) is 2.29. The van der Waals surface area contributed by atoms with Gasteiger partial charge in [-0.05, 0) is 13.5 Å². The second-order valence-corrected chi connectivity index (χ2v) is 5.25. The van der Waals surface area contributed by atoms with Gasteiger partial charge in [0.05, 0.1) is 19.0 Å². The van der Waals surface area contributed by atoms with Crippen molar-refractivity contribution in [1.29, 1.82) is 0 Å². The van der Waals surface area contributed by atoms with Gasteiger partial charge < -0.3 is 9.52 Å². The van der Waals surface area contributed by atoms with Gasteiger partial charge >= 0.3 is 0 Å². The number of nitrogens with one attached hydrogen (secondary N) is 1. The molecule has 1 saturated heterocycles. The number of hydrogen-bond acceptors (Lipinski definition) is 4. The van der Waals surface area contributed by atoms with Crippen molar-refractivity contribution in [2.24, 2.45) is 0 Å². The van der Waals surface area contributed by atoms with E-state index < -0.39 is 0 Å². The van der Waals surface area contributed by atoms with Crippen molar-refractivity contribution in [2.75, 3.05) is 26.7 Å². The van der Waals surface area contributed by atoms with E-state index in [4.69, 9.17) is 9.52 Å². The van der Waals surface area contributed by atoms with E-state index in [0.717, 1.165) is 18.7 Å². The van der Waals surface area contributed by atoms with Crippen LogP contribution in [0.5, 0.6) is 0 Å². The number of furan rings is 1. The van der Waals surface area contributed by atoms with Crippen LogP contribution in [0.3, 0.4) is 0 Å². The van der Waals surface area contributed by atoms with Crippen molar-refractivity contribution in [3.05, 3.63) is 36.3 Å². The summed E-state index contributed by atoms with van der Waals surface area (Å²) < 4.78 is 5.80. The predicted molar refractivity (Wildman–Crippen MR) is 75.1 cm³/mol. The fourth-order valence-electron chi connectivity index (χ4n) is 2.99. The molecule has 2 unspecified atom stereocenters. The minimum atomic E-state index is 0.179. The van der Waals surface area contributed by atoms with Crippen LogP contribution in [-0.4, -0.2) is 42.9 Å². The number of fused-ring (bicyclic) bond motifs is 1. The topological polar surface area (TPSA) is 48.6 Å². The molecule has 0 saturated carbocycles. The lowest BCUT2D eigenvalue weighted by Gasteiger charge is -2.19. The van der Waals surface area contributed by atoms with Gasteiger partial charge in [-0.25, -0.2) is 0 Å². The lowest BCUT2D eigenvalue weighted by molar-refractivity contribution is 0.230. The summed E-state index contributed by atoms with van der Waals surface area (Å²) in [5.74, 6) is 1.51. The van der Waals surface area contributed by atoms with Gasteiger partial charge in [-0.15, -0.1) is 0 Å². The summed E-state index contributed by atoms with van der Waals surface area (Å²) in [7, 11) is 2.11. The molecule has 0 radical (unpaired) electrons. The lowest BCUT2D eigenvalue weighted by Crippen LogP contribution is -2.39. The first-order chi connectivity index (χ1) is 9.29. The monoisotopic (exact) mass is 260 g/mol. The van der Waals surface area contributed by atoms with Crippen LogP contribution in [0.1, 0.15) is 18.1 Å². The molecule has 1 aromatic heterocycles. The third-order valence-corrected chi connectivity index (χ3v) is 3.95. The second-order valence-electron chi connectivity index (χ2n) is 5.25. The Bertz CT molecular complexity index is 552. The molecule has 3 rings (SSSR count). The van der Waals surface area contributed by atoms with Crippen LogP contribution in [0.25, 0.3) is 10.8 Å². The highest BCUT2D eigenvalue weighted by atomic mass is 16.3. The fraction of sp³-hybridized carbons (Fsp3) is 0.467. The lowest BCUT2D eigenvalue weighted by atomic mass is 10.0. The highest BCUT2D eigenvalue weighted by Crippen LogP contribution is 2.35. The van der Waals surface area contributed by atoms with Crippen LogP contribution in [0.15, 0.2) is 34.9 Å². The van der Waals surface area contributed by atoms with Crippen molar-refractivity contribution >= 4 is 10.8 Å². The summed E-state index contributed by atoms with van der Waals surface area (Å²) in [5.41, 5.74) is 0. The summed E-state index contributed by atoms with van der Waals surface area (Å²) >= 11 is 0. The molecule has 1 aliphatic rings. The van der Waals surface area contributed by atoms with Crippen LogP contribution < -0.4 is 5.32 Å². The van der Waals surface area contributed by atoms with Gasteiger partial charge in [0, 0.05) is 29.8 Å². The number of likely N-dealkylation sites (N-methyl/N-ethyl adjacent to an activating group) is 1. The Labute approximate surface area is 113 Å². The number of rotatable bonds is 4. The van der Waals surface area contributed by atoms with Crippen LogP contribution in [0, 0.1) is 0 Å². The molecule has 0 amide bonds. The molecule has 4 heteroatoms. The van der Waals surface area contributed by atoms with E-state index in [9.17, 15) is 0 Å². The Morgan fingerprint density at radius 1 is 1.42 bits per heavy atom. The predicted octanol–water partition coefficient (Wildman–Crippen LogP) is 1.76. The number of benzene rings is 1. The van der Waals surface area contributed by atoms with Gasteiger partial charge in [-0.1, -0.05) is 24.3 Å². The van der Waals surface area contributed by atoms with Gasteiger partial charge in [0.25, 0.3) is 0 Å². The molecule has 1 fully saturated rings. The number of hydrogen-bond donors (Lipinski definition) is 2. The molecule has 1 aromatic carbocycles. The van der Waals surface area contributed by atoms with Crippen molar-refractivity contribution in [2.45, 2.75) is 18.5 Å². The molecule has 2 N–H and O–H groups in total. The van der Waals surface area contributed by atoms with Crippen molar-refractivity contribution in [3.63, 3.8) is 0 Å². The average molecular weight is 260 g/mol. The standard InChI is InChI=1S/C15H20N2O2/c1-17-9-12(8-14(17)16-6-7-18)15-13-5-3-2-4-11(13)10-19-15/h2-5,10,12,14,16,18H,6-9H2,1H3. The molecular formula is C15H20N2O2. The molecule has 102 valence electrons. The molecule has 19 heavy (non-hydrogen) atoms. The van der Waals surface area contributed by atoms with Crippen LogP contribution in [0.2, 0.25) is 0 Å². The zero-order chi connectivity index (χ0) is 13.2. The van der Waals surface area contributed by atoms with E-state index >= 15 is 0 Å². The van der Waals surface area contributed by atoms with E-state index in [1.165, 1.54) is 10.8 Å². The maximum atomic E-state index is 8.90. The minimum Gasteiger partial charge on any atom is -0.468 e. The number of nitrogens with zero attached hydrogens (tertiary/aromatic N) is 1. The molecule has 1 aliphatic heterocycles. The zero-order valence-corrected chi connectivity index (χ0v) is 11.2. The van der Waals surface area contributed by atoms with Crippen LogP contribution in [-0.2, 0) is 0 Å². The van der Waals surface area contributed by atoms with Crippen molar-refractivity contribution in [1.82, 2.24) is 10.2 Å². The molecule has 0 bridgehead atoms. The molecule has 0 spiro atoms. The first-order valence-electron chi connectivity index (χ1n) is 6.80. The smallest absolute Gasteiger partial charge is 0.116 e. The van der Waals surface area contributed by atoms with E-state index in [2.05, 4.69) is 35.5 Å². The van der Waals surface area contributed by atoms with Gasteiger partial charge in [-0.3, -0.25) is 10.2 Å². The summed E-state index contributed by atoms with van der Waals surface area (Å²) in [5, 5.41) is 14.7. The first kappa shape index (κ1) is 12.7. The summed E-state index contributed by atoms with van der Waals surface area (Å²) in [6, 6.07) is 8.31. The van der Waals surface area contributed by atoms with Gasteiger partial charge in [0.1, 0.15) is 5.76 Å². The van der Waals surface area contributed by atoms with Crippen molar-refractivity contribution < 1.29 is 9.52 Å². The van der Waals surface area contributed by atoms with Crippen LogP contribution in [0.4, 0.5) is 0 Å². The van der Waals surface area contributed by atoms with Crippen molar-refractivity contribution in [3.8, 4) is 0 Å². The Morgan fingerprint density at radius 3 is 3.11 bits per heavy atom. The Balaban J connectivity index is 1.80. The molecule has 0 aliphatic carbocycles. The summed E-state index contributed by atoms with van der Waals surface area (Å²) in [6.07, 6.45) is 3.19. The third kappa shape index (κ3) is 2.39. The first-order valence-corrected chi connectivity index (χ1v) is 6.80. The van der Waals surface area contributed by atoms with Gasteiger partial charge in [-0.2, -0.15) is 0 Å². The Hall–Kier alpha value is -1.36. The molecular weight excluding hydrogens is 240 g/mol. The second kappa shape index (κ2) is 5.33. The highest BCUT2D eigenvalue weighted by Gasteiger charge is 2.32. The largest absolute Gasteiger partial charge is 0.468 e. The SMILES string of the molecule is CN1CC(c2occ3ccccc23)CC1NCCO. The minimum absolute atomic E-state index is 0.179. The van der Waals surface area contributed by atoms with Gasteiger partial charge in [0.15, 0.2) is 0 Å². The molecule has 2 heterocycles. The quantitative estimate of drug-likeness (QED) is 0.879. The highest BCUT2D eigenvalue weighted by molar-refractivity contribution is 5.84. The molecule has 4 nitrogen and oxygen atoms in total. The van der Waals surface area contributed by atoms with Gasteiger partial charge in [0.2, 0.25) is 0 Å². The molecule has 2 aromatic rings. The average Bonchev–Trinajstić information content (AvgIpc) is 3.00. The number of aliphatic hydroxyl groups is 1. The van der Waals surface area contributed by atoms with Crippen LogP contribution >= 0.6 is 0 Å². The maximum Gasteiger partial charge on any atom is 0.116 e. The maximum absolute atomic E-state index is 8.90. The summed E-state index contributed by atoms with van der Waals surface area (Å²) in [6.45, 7) is 1.81. The third-order valence-electron chi connectivity index (χ3n) is 3.95. The van der Waals surface area contributed by atoms with E-state index in [1.807, 2.05) is 12.3 Å². The normalized spacial score (nSPS) is 24.3. The van der Waals surface area contributed by atoms with E-state index in [1.54, 1.807) is 0 Å². The Morgan fingerprint density at radius 2 is 2.26 bits per heavy atom. The number of likely N-dealkylation sites (tertiary alicyclic amines) is 1. The number of aliphatic hydroxyl groups excluding tert-OH is 1. The Kier molecular flexibility index (Phi) is 3.55. The van der Waals surface area contributed by atoms with E-state index in [-0.39, 0.29) is 6.61 Å². The zero-order valence-electron chi connectivity index (χ0n) is 11.2.